The number of esters is 1. The predicted molar refractivity (Wildman–Crippen MR) is 126 cm³/mol. The van der Waals surface area contributed by atoms with Crippen LogP contribution in [0.25, 0.3) is 0 Å². The molecule has 0 heterocycles. The fourth-order valence-corrected chi connectivity index (χ4v) is 8.08. The molecule has 33 heavy (non-hydrogen) atoms. The van der Waals surface area contributed by atoms with Gasteiger partial charge in [-0.2, -0.15) is 0 Å². The van der Waals surface area contributed by atoms with Crippen molar-refractivity contribution >= 4 is 17.7 Å². The third-order valence-corrected chi connectivity index (χ3v) is 9.93. The van der Waals surface area contributed by atoms with E-state index in [4.69, 9.17) is 4.74 Å². The molecule has 3 rings (SSSR count). The molecule has 8 atom stereocenters. The highest BCUT2D eigenvalue weighted by molar-refractivity contribution is 5.87. The topological polar surface area (TPSA) is 83.5 Å². The molecule has 0 radical (unpaired) electrons. The van der Waals surface area contributed by atoms with E-state index < -0.39 is 17.3 Å². The van der Waals surface area contributed by atoms with Crippen LogP contribution >= 0.6 is 0 Å². The number of Topliss-reactive ketones (excluding diaryl/α,β-unsaturated/α-hetero) is 1. The lowest BCUT2D eigenvalue weighted by Gasteiger charge is -2.55. The van der Waals surface area contributed by atoms with Gasteiger partial charge in [-0.15, -0.1) is 0 Å². The molecule has 5 nitrogen and oxygen atoms in total. The first-order chi connectivity index (χ1) is 15.4. The van der Waals surface area contributed by atoms with Crippen LogP contribution < -0.4 is 5.11 Å². The Bertz CT molecular complexity index is 745. The monoisotopic (exact) mass is 461 g/mol. The standard InChI is InChI=1S/C28H46O5/c1-17(2)8-7-9-18(3)21-10-11-22-25(26(31)32)23(13-15-27(21,22)5)28(6)14-12-20(16-24(28)30)33-19(4)29/h17-18,20-23,25H,7-16H2,1-6H3,(H,31,32)/p-1/t18-,20-,21-,22-,23-,25+,27+,28+/m0/s1. The van der Waals surface area contributed by atoms with Gasteiger partial charge >= 0.3 is 5.97 Å². The van der Waals surface area contributed by atoms with E-state index >= 15 is 0 Å². The molecule has 0 aromatic rings. The van der Waals surface area contributed by atoms with Gasteiger partial charge in [0.15, 0.2) is 0 Å². The number of ether oxygens (including phenoxy) is 1. The molecule has 0 aromatic heterocycles. The van der Waals surface area contributed by atoms with Crippen molar-refractivity contribution in [3.8, 4) is 0 Å². The molecule has 0 unspecified atom stereocenters. The van der Waals surface area contributed by atoms with Crippen molar-refractivity contribution in [1.82, 2.24) is 0 Å². The van der Waals surface area contributed by atoms with Gasteiger partial charge in [0.05, 0.1) is 0 Å². The van der Waals surface area contributed by atoms with Crippen molar-refractivity contribution in [2.75, 3.05) is 0 Å². The lowest BCUT2D eigenvalue weighted by Crippen LogP contribution is -2.56. The average Bonchev–Trinajstić information content (AvgIpc) is 3.06. The summed E-state index contributed by atoms with van der Waals surface area (Å²) in [5, 5.41) is 12.6. The molecule has 0 N–H and O–H groups in total. The van der Waals surface area contributed by atoms with Crippen molar-refractivity contribution in [3.63, 3.8) is 0 Å². The molecule has 3 saturated carbocycles. The van der Waals surface area contributed by atoms with Crippen LogP contribution in [-0.2, 0) is 19.1 Å². The van der Waals surface area contributed by atoms with Crippen LogP contribution in [-0.4, -0.2) is 23.8 Å². The molecular weight excluding hydrogens is 416 g/mol. The van der Waals surface area contributed by atoms with Crippen LogP contribution in [0.3, 0.4) is 0 Å². The minimum absolute atomic E-state index is 0.00678. The van der Waals surface area contributed by atoms with Crippen LogP contribution in [0.4, 0.5) is 0 Å². The van der Waals surface area contributed by atoms with E-state index in [0.29, 0.717) is 24.7 Å². The maximum Gasteiger partial charge on any atom is 0.302 e. The normalized spacial score (nSPS) is 39.8. The van der Waals surface area contributed by atoms with E-state index in [9.17, 15) is 19.5 Å². The quantitative estimate of drug-likeness (QED) is 0.478. The van der Waals surface area contributed by atoms with Crippen molar-refractivity contribution < 1.29 is 24.2 Å². The fraction of sp³-hybridized carbons (Fsp3) is 0.893. The van der Waals surface area contributed by atoms with Crippen LogP contribution in [0.2, 0.25) is 0 Å². The van der Waals surface area contributed by atoms with Crippen LogP contribution in [0.15, 0.2) is 0 Å². The largest absolute Gasteiger partial charge is 0.550 e. The van der Waals surface area contributed by atoms with E-state index in [2.05, 4.69) is 27.7 Å². The molecule has 188 valence electrons. The number of carbonyl (C=O) groups excluding carboxylic acids is 3. The van der Waals surface area contributed by atoms with Crippen molar-refractivity contribution in [3.05, 3.63) is 0 Å². The summed E-state index contributed by atoms with van der Waals surface area (Å²) in [6.45, 7) is 12.5. The first-order valence-corrected chi connectivity index (χ1v) is 13.3. The number of hydrogen-bond donors (Lipinski definition) is 0. The van der Waals surface area contributed by atoms with Gasteiger partial charge in [-0.1, -0.05) is 53.9 Å². The Morgan fingerprint density at radius 1 is 1.03 bits per heavy atom. The lowest BCUT2D eigenvalue weighted by atomic mass is 9.50. The molecule has 0 aliphatic heterocycles. The number of carboxylic acid groups (broad SMARTS) is 1. The summed E-state index contributed by atoms with van der Waals surface area (Å²) in [7, 11) is 0. The Morgan fingerprint density at radius 2 is 1.73 bits per heavy atom. The summed E-state index contributed by atoms with van der Waals surface area (Å²) in [5.74, 6) is -0.119. The number of hydrogen-bond acceptors (Lipinski definition) is 5. The smallest absolute Gasteiger partial charge is 0.302 e. The fourth-order valence-electron chi connectivity index (χ4n) is 8.08. The van der Waals surface area contributed by atoms with Crippen LogP contribution in [0.5, 0.6) is 0 Å². The molecule has 5 heteroatoms. The summed E-state index contributed by atoms with van der Waals surface area (Å²) in [5.41, 5.74) is -0.670. The van der Waals surface area contributed by atoms with Crippen LogP contribution in [0.1, 0.15) is 106 Å². The summed E-state index contributed by atoms with van der Waals surface area (Å²) in [6.07, 6.45) is 8.47. The number of fused-ring (bicyclic) bond motifs is 1. The summed E-state index contributed by atoms with van der Waals surface area (Å²) < 4.78 is 5.30. The van der Waals surface area contributed by atoms with Gasteiger partial charge in [0.2, 0.25) is 0 Å². The minimum Gasteiger partial charge on any atom is -0.550 e. The van der Waals surface area contributed by atoms with Gasteiger partial charge < -0.3 is 14.6 Å². The molecule has 3 aliphatic rings. The molecule has 0 aromatic carbocycles. The zero-order valence-corrected chi connectivity index (χ0v) is 21.7. The predicted octanol–water partition coefficient (Wildman–Crippen LogP) is 4.95. The molecule has 0 spiro atoms. The molecule has 3 fully saturated rings. The maximum absolute atomic E-state index is 13.3. The molecular formula is C28H45O5-. The van der Waals surface area contributed by atoms with Gasteiger partial charge in [0.1, 0.15) is 11.9 Å². The van der Waals surface area contributed by atoms with E-state index in [1.54, 1.807) is 0 Å². The third kappa shape index (κ3) is 5.17. The summed E-state index contributed by atoms with van der Waals surface area (Å²) in [6, 6.07) is 0. The van der Waals surface area contributed by atoms with E-state index in [1.165, 1.54) is 26.2 Å². The third-order valence-electron chi connectivity index (χ3n) is 9.93. The zero-order valence-electron chi connectivity index (χ0n) is 21.7. The molecule has 0 bridgehead atoms. The van der Waals surface area contributed by atoms with Crippen LogP contribution in [0, 0.1) is 46.3 Å². The Morgan fingerprint density at radius 3 is 2.30 bits per heavy atom. The lowest BCUT2D eigenvalue weighted by molar-refractivity contribution is -0.319. The number of ketones is 1. The first-order valence-electron chi connectivity index (χ1n) is 13.3. The maximum atomic E-state index is 13.3. The number of rotatable bonds is 8. The van der Waals surface area contributed by atoms with Crippen molar-refractivity contribution in [1.29, 1.82) is 0 Å². The highest BCUT2D eigenvalue weighted by atomic mass is 16.5. The Kier molecular flexibility index (Phi) is 8.01. The van der Waals surface area contributed by atoms with Gasteiger partial charge in [-0.05, 0) is 73.5 Å². The van der Waals surface area contributed by atoms with E-state index in [-0.39, 0.29) is 41.5 Å². The Labute approximate surface area is 200 Å². The van der Waals surface area contributed by atoms with Crippen molar-refractivity contribution in [2.45, 2.75) is 112 Å². The second-order valence-electron chi connectivity index (χ2n) is 12.4. The minimum atomic E-state index is -0.972. The van der Waals surface area contributed by atoms with Gasteiger partial charge in [-0.3, -0.25) is 9.59 Å². The second-order valence-corrected chi connectivity index (χ2v) is 12.4. The Hall–Kier alpha value is -1.39. The Balaban J connectivity index is 1.77. The SMILES string of the molecule is CC(=O)O[C@H]1CC[C@](C)([C@H]2CC[C@@]3(C)[C@@H](CC[C@H]3[C@@H](C)CCCC(C)C)[C@H]2C(=O)[O-])C(=O)C1. The van der Waals surface area contributed by atoms with E-state index in [0.717, 1.165) is 31.6 Å². The van der Waals surface area contributed by atoms with E-state index in [1.807, 2.05) is 6.92 Å². The highest BCUT2D eigenvalue weighted by Gasteiger charge is 2.59. The summed E-state index contributed by atoms with van der Waals surface area (Å²) >= 11 is 0. The number of aliphatic carboxylic acids is 1. The zero-order chi connectivity index (χ0) is 24.6. The molecule has 0 amide bonds. The van der Waals surface area contributed by atoms with Gasteiger partial charge in [0, 0.05) is 30.6 Å². The van der Waals surface area contributed by atoms with Gasteiger partial charge in [0.25, 0.3) is 0 Å². The number of carboxylic acids is 1. The summed E-state index contributed by atoms with van der Waals surface area (Å²) in [4.78, 5) is 37.2. The number of carbonyl (C=O) groups is 3. The average molecular weight is 462 g/mol. The van der Waals surface area contributed by atoms with Gasteiger partial charge in [-0.25, -0.2) is 0 Å². The first kappa shape index (κ1) is 26.2. The molecule has 3 aliphatic carbocycles. The highest BCUT2D eigenvalue weighted by Crippen LogP contribution is 2.64. The second kappa shape index (κ2) is 10.1. The molecule has 0 saturated heterocycles. The van der Waals surface area contributed by atoms with Crippen molar-refractivity contribution in [2.24, 2.45) is 46.3 Å².